The molecule has 1 saturated heterocycles. The molecule has 3 N–H and O–H groups in total. The number of hydrogen-bond donors (Lipinski definition) is 3. The third-order valence-corrected chi connectivity index (χ3v) is 11.5. The summed E-state index contributed by atoms with van der Waals surface area (Å²) in [7, 11) is 2.00. The van der Waals surface area contributed by atoms with Gasteiger partial charge in [0.25, 0.3) is 0 Å². The molecule has 0 amide bonds. The second-order valence-corrected chi connectivity index (χ2v) is 14.9. The van der Waals surface area contributed by atoms with E-state index in [-0.39, 0.29) is 12.0 Å². The number of nitrogens with zero attached hydrogens (tertiary/aromatic N) is 6. The van der Waals surface area contributed by atoms with E-state index in [1.165, 1.54) is 61.8 Å². The fourth-order valence-electron chi connectivity index (χ4n) is 8.81. The summed E-state index contributed by atoms with van der Waals surface area (Å²) in [4.78, 5) is 27.3. The van der Waals surface area contributed by atoms with Crippen LogP contribution in [0.25, 0.3) is 0 Å². The van der Waals surface area contributed by atoms with E-state index in [1.807, 2.05) is 17.9 Å². The smallest absolute Gasteiger partial charge is 0.306 e. The molecule has 4 heterocycles. The molecule has 2 aromatic rings. The summed E-state index contributed by atoms with van der Waals surface area (Å²) < 4.78 is 1.91. The normalized spacial score (nSPS) is 26.4. The highest BCUT2D eigenvalue weighted by atomic mass is 16.4. The van der Waals surface area contributed by atoms with Gasteiger partial charge in [-0.25, -0.2) is 9.97 Å². The maximum atomic E-state index is 11.5. The first-order valence-electron chi connectivity index (χ1n) is 18.4. The third kappa shape index (κ3) is 8.29. The highest BCUT2D eigenvalue weighted by molar-refractivity contribution is 5.70. The molecule has 0 radical (unpaired) electrons. The number of carbonyl (C=O) groups is 1. The zero-order valence-corrected chi connectivity index (χ0v) is 28.6. The minimum atomic E-state index is -0.636. The number of carboxylic acid groups (broad SMARTS) is 1. The lowest BCUT2D eigenvalue weighted by Crippen LogP contribution is -2.42. The Morgan fingerprint density at radius 3 is 2.54 bits per heavy atom. The van der Waals surface area contributed by atoms with Gasteiger partial charge >= 0.3 is 5.97 Å². The van der Waals surface area contributed by atoms with Crippen LogP contribution in [0.1, 0.15) is 120 Å². The third-order valence-electron chi connectivity index (χ3n) is 11.5. The van der Waals surface area contributed by atoms with Gasteiger partial charge in [0.15, 0.2) is 0 Å². The molecule has 0 unspecified atom stereocenters. The number of likely N-dealkylation sites (tertiary alicyclic amines) is 1. The number of carboxylic acids is 1. The second-order valence-electron chi connectivity index (χ2n) is 14.9. The van der Waals surface area contributed by atoms with Gasteiger partial charge in [0.05, 0.1) is 30.4 Å². The standard InChI is InChI=1S/C36H58N8O2/c1-4-31(26-12-14-27(15-13-26)36(45)46)37-20-34-39-32-16-18-44(29-10-6-5-7-11-29)23-30(32)35(41-34)40-33(28-19-38-42(3)22-28)24-43-17-8-9-25(2)21-43/h19,22,25-27,29,31,33,37H,4-18,20-21,23-24H2,1-3H3,(H,45,46)(H,39,40,41)/t25-,26?,27?,31+,33-/m0/s1. The average Bonchev–Trinajstić information content (AvgIpc) is 3.51. The summed E-state index contributed by atoms with van der Waals surface area (Å²) in [6.07, 6.45) is 18.9. The molecule has 0 spiro atoms. The summed E-state index contributed by atoms with van der Waals surface area (Å²) in [6, 6.07) is 1.11. The van der Waals surface area contributed by atoms with Gasteiger partial charge in [0.1, 0.15) is 11.6 Å². The van der Waals surface area contributed by atoms with E-state index >= 15 is 0 Å². The monoisotopic (exact) mass is 634 g/mol. The lowest BCUT2D eigenvalue weighted by Gasteiger charge is -2.38. The summed E-state index contributed by atoms with van der Waals surface area (Å²) in [5.74, 6) is 2.27. The van der Waals surface area contributed by atoms with Crippen LogP contribution >= 0.6 is 0 Å². The topological polar surface area (TPSA) is 111 Å². The molecule has 10 nitrogen and oxygen atoms in total. The summed E-state index contributed by atoms with van der Waals surface area (Å²) in [5.41, 5.74) is 3.68. The highest BCUT2D eigenvalue weighted by Gasteiger charge is 2.32. The number of fused-ring (bicyclic) bond motifs is 1. The molecule has 3 fully saturated rings. The van der Waals surface area contributed by atoms with Crippen LogP contribution in [0.15, 0.2) is 12.4 Å². The molecule has 0 aromatic carbocycles. The van der Waals surface area contributed by atoms with Crippen molar-refractivity contribution in [2.45, 2.75) is 129 Å². The van der Waals surface area contributed by atoms with Crippen LogP contribution in [-0.4, -0.2) is 78.9 Å². The van der Waals surface area contributed by atoms with E-state index in [9.17, 15) is 9.90 Å². The number of aliphatic carboxylic acids is 1. The first-order chi connectivity index (χ1) is 22.4. The van der Waals surface area contributed by atoms with Crippen LogP contribution in [0, 0.1) is 17.8 Å². The van der Waals surface area contributed by atoms with Crippen LogP contribution < -0.4 is 10.6 Å². The largest absolute Gasteiger partial charge is 0.481 e. The first kappa shape index (κ1) is 33.3. The van der Waals surface area contributed by atoms with E-state index in [0.29, 0.717) is 24.5 Å². The van der Waals surface area contributed by atoms with Gasteiger partial charge in [0, 0.05) is 69.1 Å². The van der Waals surface area contributed by atoms with E-state index in [1.54, 1.807) is 0 Å². The molecular weight excluding hydrogens is 576 g/mol. The van der Waals surface area contributed by atoms with Gasteiger partial charge in [-0.15, -0.1) is 0 Å². The lowest BCUT2D eigenvalue weighted by atomic mass is 9.78. The Morgan fingerprint density at radius 2 is 1.85 bits per heavy atom. The molecule has 2 aromatic heterocycles. The molecule has 3 atom stereocenters. The van der Waals surface area contributed by atoms with Crippen molar-refractivity contribution in [1.29, 1.82) is 0 Å². The molecule has 2 saturated carbocycles. The van der Waals surface area contributed by atoms with Gasteiger partial charge in [0.2, 0.25) is 0 Å². The molecule has 46 heavy (non-hydrogen) atoms. The summed E-state index contributed by atoms with van der Waals surface area (Å²) in [6.45, 7) is 10.4. The molecule has 10 heteroatoms. The van der Waals surface area contributed by atoms with Crippen molar-refractivity contribution in [3.8, 4) is 0 Å². The van der Waals surface area contributed by atoms with Gasteiger partial charge in [-0.05, 0) is 76.2 Å². The lowest BCUT2D eigenvalue weighted by molar-refractivity contribution is -0.143. The van der Waals surface area contributed by atoms with Crippen molar-refractivity contribution in [2.75, 3.05) is 31.5 Å². The van der Waals surface area contributed by atoms with Crippen LogP contribution in [0.3, 0.4) is 0 Å². The number of aromatic nitrogens is 4. The van der Waals surface area contributed by atoms with Crippen molar-refractivity contribution < 1.29 is 9.90 Å². The second kappa shape index (κ2) is 15.6. The molecule has 254 valence electrons. The zero-order chi connectivity index (χ0) is 32.0. The van der Waals surface area contributed by atoms with Gasteiger partial charge in [-0.2, -0.15) is 5.10 Å². The summed E-state index contributed by atoms with van der Waals surface area (Å²) >= 11 is 0. The molecule has 4 aliphatic rings. The van der Waals surface area contributed by atoms with Crippen LogP contribution in [-0.2, 0) is 31.4 Å². The van der Waals surface area contributed by atoms with Gasteiger partial charge < -0.3 is 20.6 Å². The number of hydrogen-bond acceptors (Lipinski definition) is 8. The highest BCUT2D eigenvalue weighted by Crippen LogP contribution is 2.34. The Morgan fingerprint density at radius 1 is 1.04 bits per heavy atom. The van der Waals surface area contributed by atoms with Gasteiger partial charge in [-0.1, -0.05) is 33.1 Å². The Bertz CT molecular complexity index is 1280. The van der Waals surface area contributed by atoms with Crippen molar-refractivity contribution in [3.63, 3.8) is 0 Å². The van der Waals surface area contributed by atoms with E-state index < -0.39 is 5.97 Å². The van der Waals surface area contributed by atoms with Crippen LogP contribution in [0.5, 0.6) is 0 Å². The van der Waals surface area contributed by atoms with Gasteiger partial charge in [-0.3, -0.25) is 14.4 Å². The Balaban J connectivity index is 1.24. The molecule has 6 rings (SSSR count). The zero-order valence-electron chi connectivity index (χ0n) is 28.6. The van der Waals surface area contributed by atoms with E-state index in [0.717, 1.165) is 88.8 Å². The van der Waals surface area contributed by atoms with Crippen molar-refractivity contribution in [3.05, 3.63) is 35.0 Å². The number of piperidine rings is 1. The molecule has 2 aliphatic heterocycles. The Hall–Kier alpha value is -2.56. The van der Waals surface area contributed by atoms with E-state index in [4.69, 9.17) is 9.97 Å². The fourth-order valence-corrected chi connectivity index (χ4v) is 8.81. The van der Waals surface area contributed by atoms with Crippen molar-refractivity contribution >= 4 is 11.8 Å². The SMILES string of the molecule is CC[C@@H](NCc1nc2c(c(N[C@@H](CN3CCC[C@H](C)C3)c3cnn(C)c3)n1)CN(C1CCCCC1)CC2)C1CCC(C(=O)O)CC1. The number of aryl methyl sites for hydroxylation is 1. The molecule has 2 aliphatic carbocycles. The number of nitrogens with one attached hydrogen (secondary N) is 2. The number of anilines is 1. The quantitative estimate of drug-likeness (QED) is 0.277. The summed E-state index contributed by atoms with van der Waals surface area (Å²) in [5, 5.41) is 21.8. The maximum Gasteiger partial charge on any atom is 0.306 e. The predicted octanol–water partition coefficient (Wildman–Crippen LogP) is 5.55. The minimum Gasteiger partial charge on any atom is -0.481 e. The minimum absolute atomic E-state index is 0.0941. The predicted molar refractivity (Wildman–Crippen MR) is 181 cm³/mol. The molecule has 0 bridgehead atoms. The van der Waals surface area contributed by atoms with Crippen molar-refractivity contribution in [1.82, 2.24) is 34.9 Å². The fraction of sp³-hybridized carbons (Fsp3) is 0.778. The Labute approximate surface area is 276 Å². The van der Waals surface area contributed by atoms with E-state index in [2.05, 4.69) is 45.6 Å². The average molecular weight is 635 g/mol. The van der Waals surface area contributed by atoms with Crippen LogP contribution in [0.4, 0.5) is 5.82 Å². The molecular formula is C36H58N8O2. The first-order valence-corrected chi connectivity index (χ1v) is 18.4. The maximum absolute atomic E-state index is 11.5. The van der Waals surface area contributed by atoms with Crippen LogP contribution in [0.2, 0.25) is 0 Å². The Kier molecular flexibility index (Phi) is 11.3. The number of rotatable bonds is 12. The van der Waals surface area contributed by atoms with Crippen molar-refractivity contribution in [2.24, 2.45) is 24.8 Å².